The zero-order chi connectivity index (χ0) is 36.7. The Hall–Kier alpha value is -4.12. The molecule has 11 heteroatoms. The summed E-state index contributed by atoms with van der Waals surface area (Å²) >= 11 is 0. The number of nitrogens with zero attached hydrogens (tertiary/aromatic N) is 2. The van der Waals surface area contributed by atoms with Crippen molar-refractivity contribution < 1.29 is 38.1 Å². The van der Waals surface area contributed by atoms with Crippen molar-refractivity contribution in [3.63, 3.8) is 0 Å². The minimum absolute atomic E-state index is 0.00539. The van der Waals surface area contributed by atoms with Crippen LogP contribution in [0.3, 0.4) is 0 Å². The van der Waals surface area contributed by atoms with Crippen molar-refractivity contribution in [2.24, 2.45) is 0 Å². The lowest BCUT2D eigenvalue weighted by molar-refractivity contribution is -0.156. The highest BCUT2D eigenvalue weighted by Gasteiger charge is 2.42. The van der Waals surface area contributed by atoms with E-state index in [1.807, 2.05) is 54.6 Å². The van der Waals surface area contributed by atoms with Crippen LogP contribution in [0.1, 0.15) is 64.0 Å². The Bertz CT molecular complexity index is 1400. The van der Waals surface area contributed by atoms with E-state index in [1.54, 1.807) is 20.8 Å². The lowest BCUT2D eigenvalue weighted by Crippen LogP contribution is -2.54. The quantitative estimate of drug-likeness (QED) is 0.0527. The van der Waals surface area contributed by atoms with Gasteiger partial charge >= 0.3 is 18.0 Å². The van der Waals surface area contributed by atoms with Gasteiger partial charge in [-0.3, -0.25) is 14.5 Å². The maximum atomic E-state index is 14.5. The molecule has 1 aliphatic heterocycles. The molecule has 1 aliphatic rings. The molecule has 0 spiro atoms. The van der Waals surface area contributed by atoms with Gasteiger partial charge in [0.15, 0.2) is 0 Å². The van der Waals surface area contributed by atoms with Crippen molar-refractivity contribution >= 4 is 32.0 Å². The number of ether oxygens (including phenoxy) is 4. The fraction of sp³-hybridized carbons (Fsp3) is 0.538. The minimum atomic E-state index is -1.24. The number of unbranched alkanes of at least 4 members (excludes halogenated alkanes) is 1. The normalized spacial score (nSPS) is 15.2. The smallest absolute Gasteiger partial charge is 0.410 e. The second-order valence-corrected chi connectivity index (χ2v) is 20.5. The first-order valence-electron chi connectivity index (χ1n) is 17.7. The molecule has 1 saturated heterocycles. The summed E-state index contributed by atoms with van der Waals surface area (Å²) in [7, 11) is -1.24. The van der Waals surface area contributed by atoms with E-state index in [9.17, 15) is 19.2 Å². The Labute approximate surface area is 299 Å². The summed E-state index contributed by atoms with van der Waals surface area (Å²) < 4.78 is 22.4. The van der Waals surface area contributed by atoms with E-state index >= 15 is 0 Å². The van der Waals surface area contributed by atoms with Crippen molar-refractivity contribution in [2.75, 3.05) is 26.4 Å². The standard InChI is InChI=1S/C39H56N2O8Si/c1-8-24-48-37(44)34(28-30-15-10-9-11-16-30)41(36(43)33-17-14-23-40(33)38(45)49-39(2,3)4)29-31-19-21-32(22-20-31)46-25-13-12-18-35(42)47-26-27-50(5,6)7/h8-11,15-16,19-22,33-34H,1,12-14,17-18,23-29H2,2-7H3/t33-,34+/m1/s1. The lowest BCUT2D eigenvalue weighted by atomic mass is 10.0. The highest BCUT2D eigenvalue weighted by atomic mass is 28.3. The molecule has 274 valence electrons. The molecular formula is C39H56N2O8Si. The molecule has 1 fully saturated rings. The number of benzene rings is 2. The number of hydrogen-bond acceptors (Lipinski definition) is 8. The third kappa shape index (κ3) is 14.0. The van der Waals surface area contributed by atoms with Crippen LogP contribution in [0.5, 0.6) is 5.75 Å². The number of carbonyl (C=O) groups is 4. The van der Waals surface area contributed by atoms with Crippen LogP contribution in [-0.2, 0) is 41.6 Å². The highest BCUT2D eigenvalue weighted by molar-refractivity contribution is 6.76. The van der Waals surface area contributed by atoms with Crippen molar-refractivity contribution in [1.82, 2.24) is 9.80 Å². The molecule has 50 heavy (non-hydrogen) atoms. The van der Waals surface area contributed by atoms with Crippen LogP contribution >= 0.6 is 0 Å². The largest absolute Gasteiger partial charge is 0.494 e. The van der Waals surface area contributed by atoms with Crippen LogP contribution in [-0.4, -0.2) is 85.9 Å². The Kier molecular flexibility index (Phi) is 15.6. The van der Waals surface area contributed by atoms with Crippen molar-refractivity contribution in [1.29, 1.82) is 0 Å². The van der Waals surface area contributed by atoms with Gasteiger partial charge in [0.1, 0.15) is 30.0 Å². The zero-order valence-electron chi connectivity index (χ0n) is 30.8. The third-order valence-corrected chi connectivity index (χ3v) is 9.85. The summed E-state index contributed by atoms with van der Waals surface area (Å²) in [5.74, 6) is -0.409. The molecule has 0 N–H and O–H groups in total. The van der Waals surface area contributed by atoms with Crippen LogP contribution in [0.2, 0.25) is 25.7 Å². The first kappa shape index (κ1) is 40.3. The molecule has 0 aliphatic carbocycles. The summed E-state index contributed by atoms with van der Waals surface area (Å²) in [4.78, 5) is 56.3. The Balaban J connectivity index is 1.74. The number of carbonyl (C=O) groups excluding carboxylic acids is 4. The van der Waals surface area contributed by atoms with E-state index in [0.717, 1.165) is 17.2 Å². The van der Waals surface area contributed by atoms with E-state index in [1.165, 1.54) is 15.9 Å². The first-order chi connectivity index (χ1) is 23.7. The Morgan fingerprint density at radius 1 is 0.960 bits per heavy atom. The van der Waals surface area contributed by atoms with E-state index < -0.39 is 37.8 Å². The Morgan fingerprint density at radius 3 is 2.30 bits per heavy atom. The van der Waals surface area contributed by atoms with Gasteiger partial charge in [0.05, 0.1) is 13.2 Å². The summed E-state index contributed by atoms with van der Waals surface area (Å²) in [5.41, 5.74) is 0.924. The van der Waals surface area contributed by atoms with Crippen LogP contribution in [0, 0.1) is 0 Å². The van der Waals surface area contributed by atoms with Crippen LogP contribution in [0.25, 0.3) is 0 Å². The van der Waals surface area contributed by atoms with Crippen LogP contribution in [0.4, 0.5) is 4.79 Å². The van der Waals surface area contributed by atoms with Gasteiger partial charge in [0.2, 0.25) is 5.91 Å². The maximum absolute atomic E-state index is 14.5. The summed E-state index contributed by atoms with van der Waals surface area (Å²) in [6, 6.07) is 16.1. The molecule has 0 unspecified atom stereocenters. The van der Waals surface area contributed by atoms with Crippen molar-refractivity contribution in [3.8, 4) is 5.75 Å². The Morgan fingerprint density at radius 2 is 1.66 bits per heavy atom. The number of rotatable bonds is 18. The van der Waals surface area contributed by atoms with E-state index in [4.69, 9.17) is 18.9 Å². The molecule has 0 aromatic heterocycles. The van der Waals surface area contributed by atoms with Gasteiger partial charge in [-0.2, -0.15) is 0 Å². The molecular weight excluding hydrogens is 653 g/mol. The number of esters is 2. The molecule has 0 radical (unpaired) electrons. The van der Waals surface area contributed by atoms with Crippen molar-refractivity contribution in [3.05, 3.63) is 78.4 Å². The first-order valence-corrected chi connectivity index (χ1v) is 21.4. The van der Waals surface area contributed by atoms with E-state index in [0.29, 0.717) is 57.6 Å². The topological polar surface area (TPSA) is 112 Å². The molecule has 2 amide bonds. The van der Waals surface area contributed by atoms with Gasteiger partial charge in [-0.25, -0.2) is 9.59 Å². The molecule has 0 bridgehead atoms. The molecule has 1 heterocycles. The fourth-order valence-electron chi connectivity index (χ4n) is 5.48. The predicted octanol–water partition coefficient (Wildman–Crippen LogP) is 7.19. The highest BCUT2D eigenvalue weighted by Crippen LogP contribution is 2.26. The average Bonchev–Trinajstić information content (AvgIpc) is 3.55. The number of hydrogen-bond donors (Lipinski definition) is 0. The number of amides is 2. The fourth-order valence-corrected chi connectivity index (χ4v) is 6.20. The monoisotopic (exact) mass is 708 g/mol. The maximum Gasteiger partial charge on any atom is 0.410 e. The van der Waals surface area contributed by atoms with Crippen LogP contribution in [0.15, 0.2) is 67.3 Å². The molecule has 0 saturated carbocycles. The zero-order valence-corrected chi connectivity index (χ0v) is 31.8. The summed E-state index contributed by atoms with van der Waals surface area (Å²) in [5, 5.41) is 0. The van der Waals surface area contributed by atoms with Crippen LogP contribution < -0.4 is 4.74 Å². The van der Waals surface area contributed by atoms with E-state index in [-0.39, 0.29) is 31.4 Å². The van der Waals surface area contributed by atoms with Gasteiger partial charge in [0, 0.05) is 34.0 Å². The summed E-state index contributed by atoms with van der Waals surface area (Å²) in [6.45, 7) is 17.2. The second kappa shape index (κ2) is 19.3. The lowest BCUT2D eigenvalue weighted by Gasteiger charge is -2.35. The molecule has 10 nitrogen and oxygen atoms in total. The summed E-state index contributed by atoms with van der Waals surface area (Å²) in [6.07, 6.45) is 4.01. The van der Waals surface area contributed by atoms with E-state index in [2.05, 4.69) is 26.2 Å². The molecule has 2 atom stereocenters. The van der Waals surface area contributed by atoms with Gasteiger partial charge in [-0.15, -0.1) is 0 Å². The SMILES string of the molecule is C=CCOC(=O)[C@H](Cc1ccccc1)N(Cc1ccc(OCCCCC(=O)OCC[Si](C)(C)C)cc1)C(=O)[C@H]1CCCN1C(=O)OC(C)(C)C. The predicted molar refractivity (Wildman–Crippen MR) is 197 cm³/mol. The molecule has 2 aromatic rings. The van der Waals surface area contributed by atoms with Gasteiger partial charge < -0.3 is 23.8 Å². The average molecular weight is 709 g/mol. The third-order valence-electron chi connectivity index (χ3n) is 8.15. The van der Waals surface area contributed by atoms with Crippen molar-refractivity contribution in [2.45, 2.75) is 109 Å². The second-order valence-electron chi connectivity index (χ2n) is 14.9. The van der Waals surface area contributed by atoms with Gasteiger partial charge in [-0.1, -0.05) is 74.8 Å². The van der Waals surface area contributed by atoms with Gasteiger partial charge in [-0.05, 0) is 75.8 Å². The molecule has 3 rings (SSSR count). The van der Waals surface area contributed by atoms with Gasteiger partial charge in [0.25, 0.3) is 0 Å². The number of likely N-dealkylation sites (tertiary alicyclic amines) is 1. The molecule has 2 aromatic carbocycles. The minimum Gasteiger partial charge on any atom is -0.494 e.